The molecule has 0 radical (unpaired) electrons. The summed E-state index contributed by atoms with van der Waals surface area (Å²) in [5, 5.41) is 3.59. The number of rotatable bonds is 8. The molecule has 1 aromatic carbocycles. The molecule has 7 heteroatoms. The van der Waals surface area contributed by atoms with Crippen LogP contribution in [0.15, 0.2) is 30.3 Å². The molecular weight excluding hydrogens is 356 g/mol. The monoisotopic (exact) mass is 384 g/mol. The fourth-order valence-corrected chi connectivity index (χ4v) is 5.56. The van der Waals surface area contributed by atoms with Crippen LogP contribution in [-0.4, -0.2) is 44.2 Å². The highest BCUT2D eigenvalue weighted by molar-refractivity contribution is 7.99. The molecule has 25 heavy (non-hydrogen) atoms. The van der Waals surface area contributed by atoms with Gasteiger partial charge in [0, 0.05) is 17.5 Å². The van der Waals surface area contributed by atoms with Gasteiger partial charge in [-0.05, 0) is 31.9 Å². The number of anilines is 1. The van der Waals surface area contributed by atoms with Gasteiger partial charge in [-0.1, -0.05) is 37.5 Å². The zero-order chi connectivity index (χ0) is 18.3. The van der Waals surface area contributed by atoms with Crippen LogP contribution in [0.2, 0.25) is 0 Å². The van der Waals surface area contributed by atoms with E-state index in [1.54, 1.807) is 31.2 Å². The van der Waals surface area contributed by atoms with Crippen molar-refractivity contribution in [2.24, 2.45) is 0 Å². The number of hydrogen-bond donors (Lipinski definition) is 1. The van der Waals surface area contributed by atoms with Gasteiger partial charge in [0.25, 0.3) is 0 Å². The van der Waals surface area contributed by atoms with Crippen LogP contribution in [0.25, 0.3) is 0 Å². The van der Waals surface area contributed by atoms with E-state index in [9.17, 15) is 13.2 Å². The highest BCUT2D eigenvalue weighted by Crippen LogP contribution is 2.27. The lowest BCUT2D eigenvalue weighted by Crippen LogP contribution is -2.48. The first kappa shape index (κ1) is 20.1. The molecule has 0 spiro atoms. The Labute approximate surface area is 155 Å². The minimum absolute atomic E-state index is 0.265. The Morgan fingerprint density at radius 3 is 2.48 bits per heavy atom. The number of amides is 1. The van der Waals surface area contributed by atoms with Crippen molar-refractivity contribution >= 4 is 33.4 Å². The third kappa shape index (κ3) is 6.22. The van der Waals surface area contributed by atoms with Gasteiger partial charge in [0.05, 0.1) is 11.9 Å². The average Bonchev–Trinajstić information content (AvgIpc) is 2.59. The van der Waals surface area contributed by atoms with E-state index in [0.29, 0.717) is 17.5 Å². The van der Waals surface area contributed by atoms with Crippen molar-refractivity contribution in [1.29, 1.82) is 0 Å². The standard InChI is InChI=1S/C18H28N2O3S2/c1-15(20(25(2,22)23)16-9-5-3-6-10-16)18(21)19-13-14-24-17-11-7-4-8-12-17/h3,5-6,9-10,15,17H,4,7-8,11-14H2,1-2H3,(H,19,21)/t15-/m0/s1. The van der Waals surface area contributed by atoms with E-state index in [-0.39, 0.29) is 5.91 Å². The molecule has 0 unspecified atom stereocenters. The summed E-state index contributed by atoms with van der Waals surface area (Å²) >= 11 is 1.91. The quantitative estimate of drug-likeness (QED) is 0.700. The molecule has 1 atom stereocenters. The zero-order valence-electron chi connectivity index (χ0n) is 15.0. The van der Waals surface area contributed by atoms with Crippen LogP contribution < -0.4 is 9.62 Å². The lowest BCUT2D eigenvalue weighted by molar-refractivity contribution is -0.121. The average molecular weight is 385 g/mol. The van der Waals surface area contributed by atoms with Gasteiger partial charge in [-0.25, -0.2) is 8.42 Å². The molecule has 1 saturated carbocycles. The number of sulfonamides is 1. The Hall–Kier alpha value is -1.21. The van der Waals surface area contributed by atoms with Crippen molar-refractivity contribution in [3.63, 3.8) is 0 Å². The van der Waals surface area contributed by atoms with Crippen LogP contribution in [0, 0.1) is 0 Å². The number of nitrogens with zero attached hydrogens (tertiary/aromatic N) is 1. The molecule has 0 heterocycles. The van der Waals surface area contributed by atoms with E-state index >= 15 is 0 Å². The van der Waals surface area contributed by atoms with E-state index in [4.69, 9.17) is 0 Å². The Balaban J connectivity index is 1.88. The molecular formula is C18H28N2O3S2. The first-order valence-corrected chi connectivity index (χ1v) is 11.7. The minimum atomic E-state index is -3.54. The molecule has 5 nitrogen and oxygen atoms in total. The summed E-state index contributed by atoms with van der Waals surface area (Å²) in [6.07, 6.45) is 7.62. The largest absolute Gasteiger partial charge is 0.353 e. The molecule has 1 fully saturated rings. The molecule has 0 aromatic heterocycles. The van der Waals surface area contributed by atoms with Crippen LogP contribution in [0.3, 0.4) is 0 Å². The highest BCUT2D eigenvalue weighted by Gasteiger charge is 2.28. The SMILES string of the molecule is C[C@@H](C(=O)NCCSC1CCCCC1)N(c1ccccc1)S(C)(=O)=O. The van der Waals surface area contributed by atoms with Gasteiger partial charge in [-0.15, -0.1) is 0 Å². The van der Waals surface area contributed by atoms with Gasteiger partial charge in [-0.3, -0.25) is 9.10 Å². The minimum Gasteiger partial charge on any atom is -0.353 e. The molecule has 140 valence electrons. The summed E-state index contributed by atoms with van der Waals surface area (Å²) in [6, 6.07) is 7.96. The van der Waals surface area contributed by atoms with Crippen LogP contribution in [0.5, 0.6) is 0 Å². The number of carbonyl (C=O) groups is 1. The molecule has 1 aromatic rings. The van der Waals surface area contributed by atoms with Crippen LogP contribution in [-0.2, 0) is 14.8 Å². The van der Waals surface area contributed by atoms with Crippen molar-refractivity contribution in [3.05, 3.63) is 30.3 Å². The topological polar surface area (TPSA) is 66.5 Å². The lowest BCUT2D eigenvalue weighted by Gasteiger charge is -2.28. The van der Waals surface area contributed by atoms with Gasteiger partial charge < -0.3 is 5.32 Å². The Morgan fingerprint density at radius 1 is 1.24 bits per heavy atom. The number of para-hydroxylation sites is 1. The van der Waals surface area contributed by atoms with Gasteiger partial charge in [-0.2, -0.15) is 11.8 Å². The second-order valence-electron chi connectivity index (χ2n) is 6.49. The third-order valence-electron chi connectivity index (χ3n) is 4.41. The maximum absolute atomic E-state index is 12.4. The van der Waals surface area contributed by atoms with Crippen LogP contribution in [0.1, 0.15) is 39.0 Å². The van der Waals surface area contributed by atoms with E-state index < -0.39 is 16.1 Å². The summed E-state index contributed by atoms with van der Waals surface area (Å²) in [5.74, 6) is 0.603. The predicted octanol–water partition coefficient (Wildman–Crippen LogP) is 3.02. The number of benzene rings is 1. The van der Waals surface area contributed by atoms with E-state index in [1.807, 2.05) is 17.8 Å². The fraction of sp³-hybridized carbons (Fsp3) is 0.611. The summed E-state index contributed by atoms with van der Waals surface area (Å²) in [5.41, 5.74) is 0.504. The lowest BCUT2D eigenvalue weighted by atomic mass is 10.0. The summed E-state index contributed by atoms with van der Waals surface area (Å²) in [4.78, 5) is 12.4. The van der Waals surface area contributed by atoms with Gasteiger partial charge in [0.15, 0.2) is 0 Å². The fourth-order valence-electron chi connectivity index (χ4n) is 3.16. The molecule has 1 aliphatic rings. The Kier molecular flexibility index (Phi) is 7.62. The second-order valence-corrected chi connectivity index (χ2v) is 9.76. The number of thioether (sulfide) groups is 1. The van der Waals surface area contributed by atoms with Gasteiger partial charge in [0.2, 0.25) is 15.9 Å². The maximum Gasteiger partial charge on any atom is 0.243 e. The van der Waals surface area contributed by atoms with Crippen molar-refractivity contribution in [2.75, 3.05) is 22.9 Å². The van der Waals surface area contributed by atoms with Gasteiger partial charge >= 0.3 is 0 Å². The van der Waals surface area contributed by atoms with Crippen molar-refractivity contribution in [1.82, 2.24) is 5.32 Å². The highest BCUT2D eigenvalue weighted by atomic mass is 32.2. The van der Waals surface area contributed by atoms with E-state index in [0.717, 1.165) is 12.0 Å². The third-order valence-corrected chi connectivity index (χ3v) is 7.03. The summed E-state index contributed by atoms with van der Waals surface area (Å²) in [7, 11) is -3.54. The van der Waals surface area contributed by atoms with E-state index in [2.05, 4.69) is 5.32 Å². The molecule has 0 saturated heterocycles. The molecule has 1 aliphatic carbocycles. The number of hydrogen-bond acceptors (Lipinski definition) is 4. The molecule has 2 rings (SSSR count). The summed E-state index contributed by atoms with van der Waals surface area (Å²) < 4.78 is 25.5. The summed E-state index contributed by atoms with van der Waals surface area (Å²) in [6.45, 7) is 2.19. The van der Waals surface area contributed by atoms with E-state index in [1.165, 1.54) is 36.4 Å². The van der Waals surface area contributed by atoms with Crippen molar-refractivity contribution < 1.29 is 13.2 Å². The zero-order valence-corrected chi connectivity index (χ0v) is 16.6. The van der Waals surface area contributed by atoms with Crippen LogP contribution in [0.4, 0.5) is 5.69 Å². The first-order valence-electron chi connectivity index (χ1n) is 8.83. The Bertz CT molecular complexity index is 644. The number of carbonyl (C=O) groups excluding carboxylic acids is 1. The van der Waals surface area contributed by atoms with Crippen LogP contribution >= 0.6 is 11.8 Å². The number of nitrogens with one attached hydrogen (secondary N) is 1. The van der Waals surface area contributed by atoms with Crippen molar-refractivity contribution in [2.45, 2.75) is 50.3 Å². The molecule has 0 bridgehead atoms. The smallest absolute Gasteiger partial charge is 0.243 e. The van der Waals surface area contributed by atoms with Crippen molar-refractivity contribution in [3.8, 4) is 0 Å². The molecule has 0 aliphatic heterocycles. The first-order chi connectivity index (χ1) is 11.9. The predicted molar refractivity (Wildman–Crippen MR) is 106 cm³/mol. The molecule has 1 amide bonds. The second kappa shape index (κ2) is 9.48. The maximum atomic E-state index is 12.4. The molecule has 1 N–H and O–H groups in total. The Morgan fingerprint density at radius 2 is 1.88 bits per heavy atom. The van der Waals surface area contributed by atoms with Gasteiger partial charge in [0.1, 0.15) is 6.04 Å². The normalized spacial score (nSPS) is 17.0.